The van der Waals surface area contributed by atoms with E-state index in [2.05, 4.69) is 52.8 Å². The number of allylic oxidation sites excluding steroid dienone is 3. The summed E-state index contributed by atoms with van der Waals surface area (Å²) in [5.74, 6) is 3.36. The number of aliphatic hydroxyl groups excluding tert-OH is 1. The molecule has 0 aromatic carbocycles. The molecule has 0 saturated heterocycles. The fraction of sp³-hybridized carbons (Fsp3) is 0.840. The van der Waals surface area contributed by atoms with Crippen molar-refractivity contribution in [3.8, 4) is 0 Å². The van der Waals surface area contributed by atoms with E-state index >= 15 is 0 Å². The van der Waals surface area contributed by atoms with E-state index in [0.29, 0.717) is 16.7 Å². The average Bonchev–Trinajstić information content (AvgIpc) is 2.93. The first kappa shape index (κ1) is 18.8. The third kappa shape index (κ3) is 2.45. The van der Waals surface area contributed by atoms with Gasteiger partial charge >= 0.3 is 0 Å². The fourth-order valence-corrected chi connectivity index (χ4v) is 7.96. The fourth-order valence-electron chi connectivity index (χ4n) is 7.96. The first-order valence-corrected chi connectivity index (χ1v) is 11.2. The molecule has 1 N–H and O–H groups in total. The monoisotopic (exact) mass is 356 g/mol. The molecule has 4 aliphatic rings. The molecule has 0 bridgehead atoms. The van der Waals surface area contributed by atoms with Crippen LogP contribution in [0, 0.1) is 39.9 Å². The molecule has 0 radical (unpaired) electrons. The second-order valence-electron chi connectivity index (χ2n) is 11.1. The Hall–Kier alpha value is -0.560. The lowest BCUT2D eigenvalue weighted by molar-refractivity contribution is -0.0906. The standard InChI is InChI=1S/C25H40O/c1-6-7-8-17-9-10-20-21-12-11-18-19(13-14-22(26)23(18,2)3)25(21,5)16-15-24(17,20)4/h6-7,11,17,19-22,26H,8-10,12-16H2,1-5H3/b7-6+/t17-,19?,20?,21?,22?,24+,25?/m0/s1. The highest BCUT2D eigenvalue weighted by Gasteiger charge is 2.61. The first-order valence-electron chi connectivity index (χ1n) is 11.2. The van der Waals surface area contributed by atoms with E-state index in [1.165, 1.54) is 44.9 Å². The van der Waals surface area contributed by atoms with Crippen molar-refractivity contribution >= 4 is 0 Å². The van der Waals surface area contributed by atoms with Crippen molar-refractivity contribution in [1.29, 1.82) is 0 Å². The van der Waals surface area contributed by atoms with Gasteiger partial charge in [0.25, 0.3) is 0 Å². The van der Waals surface area contributed by atoms with Gasteiger partial charge in [0.05, 0.1) is 6.10 Å². The zero-order valence-electron chi connectivity index (χ0n) is 17.7. The van der Waals surface area contributed by atoms with Crippen LogP contribution in [-0.4, -0.2) is 11.2 Å². The highest BCUT2D eigenvalue weighted by molar-refractivity contribution is 5.29. The Balaban J connectivity index is 1.66. The van der Waals surface area contributed by atoms with E-state index < -0.39 is 0 Å². The van der Waals surface area contributed by atoms with Crippen LogP contribution in [-0.2, 0) is 0 Å². The maximum Gasteiger partial charge on any atom is 0.0628 e. The van der Waals surface area contributed by atoms with Gasteiger partial charge in [0, 0.05) is 5.41 Å². The van der Waals surface area contributed by atoms with Crippen LogP contribution in [0.25, 0.3) is 0 Å². The summed E-state index contributed by atoms with van der Waals surface area (Å²) in [6.45, 7) is 12.0. The Labute approximate surface area is 161 Å². The molecule has 4 rings (SSSR count). The third-order valence-corrected chi connectivity index (χ3v) is 9.87. The van der Waals surface area contributed by atoms with Crippen molar-refractivity contribution in [1.82, 2.24) is 0 Å². The second-order valence-corrected chi connectivity index (χ2v) is 11.1. The van der Waals surface area contributed by atoms with E-state index in [-0.39, 0.29) is 11.5 Å². The van der Waals surface area contributed by atoms with Crippen molar-refractivity contribution in [3.05, 3.63) is 23.8 Å². The lowest BCUT2D eigenvalue weighted by atomic mass is 9.43. The lowest BCUT2D eigenvalue weighted by Gasteiger charge is -2.61. The van der Waals surface area contributed by atoms with Crippen molar-refractivity contribution in [2.24, 2.45) is 39.9 Å². The molecule has 146 valence electrons. The zero-order valence-corrected chi connectivity index (χ0v) is 17.7. The van der Waals surface area contributed by atoms with Crippen LogP contribution in [0.4, 0.5) is 0 Å². The van der Waals surface area contributed by atoms with Crippen LogP contribution in [0.1, 0.15) is 86.0 Å². The molecule has 0 heterocycles. The van der Waals surface area contributed by atoms with Crippen molar-refractivity contribution < 1.29 is 5.11 Å². The molecule has 4 aliphatic carbocycles. The van der Waals surface area contributed by atoms with Gasteiger partial charge in [0.1, 0.15) is 0 Å². The zero-order chi connectivity index (χ0) is 18.7. The summed E-state index contributed by atoms with van der Waals surface area (Å²) in [6.07, 6.45) is 17.5. The van der Waals surface area contributed by atoms with Gasteiger partial charge in [-0.1, -0.05) is 51.5 Å². The molecule has 7 atom stereocenters. The number of fused-ring (bicyclic) bond motifs is 5. The molecule has 0 aromatic heterocycles. The Morgan fingerprint density at radius 3 is 2.46 bits per heavy atom. The van der Waals surface area contributed by atoms with E-state index in [9.17, 15) is 5.11 Å². The predicted molar refractivity (Wildman–Crippen MR) is 110 cm³/mol. The van der Waals surface area contributed by atoms with Gasteiger partial charge in [-0.3, -0.25) is 0 Å². The van der Waals surface area contributed by atoms with E-state index in [4.69, 9.17) is 0 Å². The number of rotatable bonds is 2. The molecule has 3 fully saturated rings. The van der Waals surface area contributed by atoms with Gasteiger partial charge in [0.2, 0.25) is 0 Å². The highest BCUT2D eigenvalue weighted by atomic mass is 16.3. The number of hydrogen-bond acceptors (Lipinski definition) is 1. The third-order valence-electron chi connectivity index (χ3n) is 9.87. The van der Waals surface area contributed by atoms with Crippen LogP contribution < -0.4 is 0 Å². The van der Waals surface area contributed by atoms with Gasteiger partial charge in [-0.2, -0.15) is 0 Å². The van der Waals surface area contributed by atoms with E-state index in [0.717, 1.165) is 24.2 Å². The van der Waals surface area contributed by atoms with E-state index in [1.807, 2.05) is 0 Å². The molecule has 1 heteroatoms. The molecule has 0 aromatic rings. The first-order chi connectivity index (χ1) is 12.2. The quantitative estimate of drug-likeness (QED) is 0.558. The van der Waals surface area contributed by atoms with Gasteiger partial charge in [-0.15, -0.1) is 0 Å². The Morgan fingerprint density at radius 1 is 1.00 bits per heavy atom. The number of aliphatic hydroxyl groups is 1. The minimum absolute atomic E-state index is 0.0260. The molecule has 0 amide bonds. The summed E-state index contributed by atoms with van der Waals surface area (Å²) < 4.78 is 0. The normalized spacial score (nSPS) is 50.1. The Morgan fingerprint density at radius 2 is 1.73 bits per heavy atom. The molecule has 0 aliphatic heterocycles. The molecular formula is C25H40O. The molecule has 26 heavy (non-hydrogen) atoms. The molecule has 0 spiro atoms. The van der Waals surface area contributed by atoms with Crippen LogP contribution in [0.3, 0.4) is 0 Å². The summed E-state index contributed by atoms with van der Waals surface area (Å²) in [5.41, 5.74) is 2.59. The SMILES string of the molecule is C/C=C/C[C@H]1CCC2C3CC=C4C(CCC(O)C4(C)C)C3(C)CC[C@@]21C. The van der Waals surface area contributed by atoms with E-state index in [1.54, 1.807) is 5.57 Å². The average molecular weight is 357 g/mol. The van der Waals surface area contributed by atoms with Crippen LogP contribution in [0.15, 0.2) is 23.8 Å². The summed E-state index contributed by atoms with van der Waals surface area (Å²) >= 11 is 0. The molecule has 1 nitrogen and oxygen atoms in total. The smallest absolute Gasteiger partial charge is 0.0628 e. The maximum atomic E-state index is 10.6. The summed E-state index contributed by atoms with van der Waals surface area (Å²) in [4.78, 5) is 0. The van der Waals surface area contributed by atoms with Crippen LogP contribution in [0.5, 0.6) is 0 Å². The van der Waals surface area contributed by atoms with Crippen LogP contribution in [0.2, 0.25) is 0 Å². The maximum absolute atomic E-state index is 10.6. The topological polar surface area (TPSA) is 20.2 Å². The molecular weight excluding hydrogens is 316 g/mol. The summed E-state index contributed by atoms with van der Waals surface area (Å²) in [7, 11) is 0. The van der Waals surface area contributed by atoms with Gasteiger partial charge < -0.3 is 5.11 Å². The minimum Gasteiger partial charge on any atom is -0.392 e. The van der Waals surface area contributed by atoms with Crippen molar-refractivity contribution in [2.75, 3.05) is 0 Å². The molecule has 3 saturated carbocycles. The highest BCUT2D eigenvalue weighted by Crippen LogP contribution is 2.69. The summed E-state index contributed by atoms with van der Waals surface area (Å²) in [6, 6.07) is 0. The minimum atomic E-state index is -0.157. The summed E-state index contributed by atoms with van der Waals surface area (Å²) in [5, 5.41) is 10.6. The second kappa shape index (κ2) is 6.23. The Kier molecular flexibility index (Phi) is 4.50. The predicted octanol–water partition coefficient (Wildman–Crippen LogP) is 6.53. The van der Waals surface area contributed by atoms with Crippen molar-refractivity contribution in [3.63, 3.8) is 0 Å². The van der Waals surface area contributed by atoms with Gasteiger partial charge in [0.15, 0.2) is 0 Å². The number of hydrogen-bond donors (Lipinski definition) is 1. The molecule has 5 unspecified atom stereocenters. The lowest BCUT2D eigenvalue weighted by Crippen LogP contribution is -2.54. The van der Waals surface area contributed by atoms with Crippen molar-refractivity contribution in [2.45, 2.75) is 92.1 Å². The van der Waals surface area contributed by atoms with Gasteiger partial charge in [-0.25, -0.2) is 0 Å². The van der Waals surface area contributed by atoms with Gasteiger partial charge in [-0.05, 0) is 92.8 Å². The Bertz CT molecular complexity index is 614. The van der Waals surface area contributed by atoms with Crippen LogP contribution >= 0.6 is 0 Å². The largest absolute Gasteiger partial charge is 0.392 e.